The SMILES string of the molecule is NCc1cc(NCc2cccc(C(=O)Cc3cccc(C(F)(F)F)c3)c2)ncn1. The van der Waals surface area contributed by atoms with Gasteiger partial charge in [0.05, 0.1) is 11.3 Å². The molecule has 0 amide bonds. The number of nitrogens with zero attached hydrogens (tertiary/aromatic N) is 2. The first-order chi connectivity index (χ1) is 13.8. The van der Waals surface area contributed by atoms with Crippen molar-refractivity contribution in [3.05, 3.63) is 88.9 Å². The number of hydrogen-bond acceptors (Lipinski definition) is 5. The van der Waals surface area contributed by atoms with Crippen molar-refractivity contribution >= 4 is 11.6 Å². The predicted molar refractivity (Wildman–Crippen MR) is 103 cm³/mol. The molecule has 3 N–H and O–H groups in total. The molecule has 0 atom stereocenters. The number of rotatable bonds is 7. The molecule has 0 aliphatic rings. The van der Waals surface area contributed by atoms with Crippen LogP contribution >= 0.6 is 0 Å². The molecular formula is C21H19F3N4O. The number of benzene rings is 2. The molecule has 1 aromatic heterocycles. The first kappa shape index (κ1) is 20.5. The van der Waals surface area contributed by atoms with Crippen molar-refractivity contribution in [3.63, 3.8) is 0 Å². The van der Waals surface area contributed by atoms with Crippen molar-refractivity contribution in [1.82, 2.24) is 9.97 Å². The van der Waals surface area contributed by atoms with E-state index in [1.54, 1.807) is 24.3 Å². The molecule has 0 spiro atoms. The molecule has 0 saturated carbocycles. The summed E-state index contributed by atoms with van der Waals surface area (Å²) >= 11 is 0. The topological polar surface area (TPSA) is 80.9 Å². The Labute approximate surface area is 165 Å². The van der Waals surface area contributed by atoms with E-state index in [4.69, 9.17) is 5.73 Å². The van der Waals surface area contributed by atoms with E-state index in [1.165, 1.54) is 18.5 Å². The Balaban J connectivity index is 1.68. The van der Waals surface area contributed by atoms with Crippen LogP contribution in [0.4, 0.5) is 19.0 Å². The van der Waals surface area contributed by atoms with E-state index in [0.29, 0.717) is 35.7 Å². The van der Waals surface area contributed by atoms with Gasteiger partial charge in [-0.25, -0.2) is 9.97 Å². The van der Waals surface area contributed by atoms with Gasteiger partial charge in [-0.3, -0.25) is 4.79 Å². The van der Waals surface area contributed by atoms with Crippen molar-refractivity contribution < 1.29 is 18.0 Å². The van der Waals surface area contributed by atoms with E-state index < -0.39 is 11.7 Å². The summed E-state index contributed by atoms with van der Waals surface area (Å²) in [5.74, 6) is 0.361. The van der Waals surface area contributed by atoms with E-state index in [0.717, 1.165) is 17.7 Å². The van der Waals surface area contributed by atoms with Crippen LogP contribution < -0.4 is 11.1 Å². The highest BCUT2D eigenvalue weighted by Gasteiger charge is 2.30. The monoisotopic (exact) mass is 400 g/mol. The Morgan fingerprint density at radius 1 is 1.00 bits per heavy atom. The number of alkyl halides is 3. The van der Waals surface area contributed by atoms with Gasteiger partial charge in [0.2, 0.25) is 0 Å². The summed E-state index contributed by atoms with van der Waals surface area (Å²) in [6.45, 7) is 0.725. The van der Waals surface area contributed by atoms with E-state index in [9.17, 15) is 18.0 Å². The quantitative estimate of drug-likeness (QED) is 0.586. The zero-order valence-electron chi connectivity index (χ0n) is 15.4. The Bertz CT molecular complexity index is 1000. The lowest BCUT2D eigenvalue weighted by atomic mass is 10.00. The average Bonchev–Trinajstić information content (AvgIpc) is 2.72. The summed E-state index contributed by atoms with van der Waals surface area (Å²) in [7, 11) is 0. The molecule has 2 aromatic carbocycles. The van der Waals surface area contributed by atoms with Gasteiger partial charge < -0.3 is 11.1 Å². The minimum Gasteiger partial charge on any atom is -0.366 e. The third-order valence-corrected chi connectivity index (χ3v) is 4.27. The maximum absolute atomic E-state index is 12.8. The van der Waals surface area contributed by atoms with Gasteiger partial charge in [0.15, 0.2) is 5.78 Å². The Morgan fingerprint density at radius 3 is 2.52 bits per heavy atom. The molecule has 3 aromatic rings. The molecule has 3 rings (SSSR count). The molecule has 29 heavy (non-hydrogen) atoms. The molecule has 0 bridgehead atoms. The average molecular weight is 400 g/mol. The highest BCUT2D eigenvalue weighted by atomic mass is 19.4. The van der Waals surface area contributed by atoms with Crippen LogP contribution in [0.5, 0.6) is 0 Å². The van der Waals surface area contributed by atoms with Crippen LogP contribution in [0, 0.1) is 0 Å². The first-order valence-corrected chi connectivity index (χ1v) is 8.88. The molecule has 5 nitrogen and oxygen atoms in total. The smallest absolute Gasteiger partial charge is 0.366 e. The summed E-state index contributed by atoms with van der Waals surface area (Å²) in [6, 6.07) is 13.5. The Morgan fingerprint density at radius 2 is 1.76 bits per heavy atom. The van der Waals surface area contributed by atoms with E-state index >= 15 is 0 Å². The second kappa shape index (κ2) is 8.83. The fourth-order valence-electron chi connectivity index (χ4n) is 2.80. The molecule has 0 aliphatic heterocycles. The van der Waals surface area contributed by atoms with Crippen molar-refractivity contribution in [2.45, 2.75) is 25.7 Å². The van der Waals surface area contributed by atoms with Crippen LogP contribution in [0.15, 0.2) is 60.9 Å². The summed E-state index contributed by atoms with van der Waals surface area (Å²) < 4.78 is 38.5. The van der Waals surface area contributed by atoms with Crippen LogP contribution in [0.2, 0.25) is 0 Å². The summed E-state index contributed by atoms with van der Waals surface area (Å²) in [4.78, 5) is 20.7. The zero-order chi connectivity index (χ0) is 20.9. The maximum Gasteiger partial charge on any atom is 0.416 e. The standard InChI is InChI=1S/C21H19F3N4O/c22-21(23,24)17-6-2-3-14(8-17)9-19(29)16-5-1-4-15(7-16)12-26-20-10-18(11-25)27-13-28-20/h1-8,10,13H,9,11-12,25H2,(H,26,27,28). The van der Waals surface area contributed by atoms with Crippen molar-refractivity contribution in [3.8, 4) is 0 Å². The lowest BCUT2D eigenvalue weighted by molar-refractivity contribution is -0.137. The first-order valence-electron chi connectivity index (χ1n) is 8.88. The van der Waals surface area contributed by atoms with Crippen molar-refractivity contribution in [1.29, 1.82) is 0 Å². The molecule has 0 aliphatic carbocycles. The number of hydrogen-bond donors (Lipinski definition) is 2. The van der Waals surface area contributed by atoms with Gasteiger partial charge in [-0.1, -0.05) is 36.4 Å². The lowest BCUT2D eigenvalue weighted by Gasteiger charge is -2.10. The van der Waals surface area contributed by atoms with Gasteiger partial charge in [0, 0.05) is 31.1 Å². The molecule has 0 fully saturated rings. The van der Waals surface area contributed by atoms with Gasteiger partial charge in [0.1, 0.15) is 12.1 Å². The molecule has 8 heteroatoms. The van der Waals surface area contributed by atoms with Gasteiger partial charge in [-0.2, -0.15) is 13.2 Å². The number of carbonyl (C=O) groups excluding carboxylic acids is 1. The maximum atomic E-state index is 12.8. The second-order valence-electron chi connectivity index (χ2n) is 6.45. The summed E-state index contributed by atoms with van der Waals surface area (Å²) in [6.07, 6.45) is -3.12. The van der Waals surface area contributed by atoms with Crippen molar-refractivity contribution in [2.75, 3.05) is 5.32 Å². The Hall–Kier alpha value is -3.26. The number of anilines is 1. The molecule has 0 unspecified atom stereocenters. The van der Waals surface area contributed by atoms with Crippen LogP contribution in [0.1, 0.15) is 32.7 Å². The van der Waals surface area contributed by atoms with E-state index in [-0.39, 0.29) is 12.2 Å². The fraction of sp³-hybridized carbons (Fsp3) is 0.190. The number of nitrogens with one attached hydrogen (secondary N) is 1. The predicted octanol–water partition coefficient (Wildman–Crippen LogP) is 3.99. The number of nitrogens with two attached hydrogens (primary N) is 1. The molecule has 0 radical (unpaired) electrons. The summed E-state index contributed by atoms with van der Waals surface area (Å²) in [5.41, 5.74) is 7.10. The Kier molecular flexibility index (Phi) is 6.23. The van der Waals surface area contributed by atoms with Gasteiger partial charge in [0.25, 0.3) is 0 Å². The van der Waals surface area contributed by atoms with E-state index in [1.807, 2.05) is 6.07 Å². The normalized spacial score (nSPS) is 11.3. The number of carbonyl (C=O) groups is 1. The highest BCUT2D eigenvalue weighted by molar-refractivity contribution is 5.97. The molecular weight excluding hydrogens is 381 g/mol. The minimum absolute atomic E-state index is 0.105. The molecule has 0 saturated heterocycles. The summed E-state index contributed by atoms with van der Waals surface area (Å²) in [5, 5.41) is 3.13. The van der Waals surface area contributed by atoms with Crippen LogP contribution in [0.3, 0.4) is 0 Å². The van der Waals surface area contributed by atoms with Crippen LogP contribution in [-0.2, 0) is 25.7 Å². The minimum atomic E-state index is -4.44. The van der Waals surface area contributed by atoms with E-state index in [2.05, 4.69) is 15.3 Å². The van der Waals surface area contributed by atoms with Crippen LogP contribution in [-0.4, -0.2) is 15.8 Å². The van der Waals surface area contributed by atoms with Gasteiger partial charge in [-0.05, 0) is 23.3 Å². The third kappa shape index (κ3) is 5.61. The lowest BCUT2D eigenvalue weighted by Crippen LogP contribution is -2.09. The largest absolute Gasteiger partial charge is 0.416 e. The molecule has 150 valence electrons. The van der Waals surface area contributed by atoms with Gasteiger partial charge >= 0.3 is 6.18 Å². The zero-order valence-corrected chi connectivity index (χ0v) is 15.4. The number of aromatic nitrogens is 2. The number of halogens is 3. The van der Waals surface area contributed by atoms with Crippen LogP contribution in [0.25, 0.3) is 0 Å². The third-order valence-electron chi connectivity index (χ3n) is 4.27. The fourth-order valence-corrected chi connectivity index (χ4v) is 2.80. The molecule has 1 heterocycles. The van der Waals surface area contributed by atoms with Crippen molar-refractivity contribution in [2.24, 2.45) is 5.73 Å². The number of ketones is 1. The highest BCUT2D eigenvalue weighted by Crippen LogP contribution is 2.29. The second-order valence-corrected chi connectivity index (χ2v) is 6.45. The number of Topliss-reactive ketones (excluding diaryl/α,β-unsaturated/α-hetero) is 1. The van der Waals surface area contributed by atoms with Gasteiger partial charge in [-0.15, -0.1) is 0 Å².